The molecule has 0 radical (unpaired) electrons. The number of carbonyl (C=O) groups excluding carboxylic acids is 1. The number of carboxylic acid groups (broad SMARTS) is 1. The van der Waals surface area contributed by atoms with Gasteiger partial charge in [0.1, 0.15) is 0 Å². The van der Waals surface area contributed by atoms with Gasteiger partial charge in [0.2, 0.25) is 5.91 Å². The number of thiophene rings is 1. The molecule has 0 spiro atoms. The third kappa shape index (κ3) is 3.79. The summed E-state index contributed by atoms with van der Waals surface area (Å²) in [5.74, 6) is -0.763. The summed E-state index contributed by atoms with van der Waals surface area (Å²) < 4.78 is 1.72. The summed E-state index contributed by atoms with van der Waals surface area (Å²) in [5.41, 5.74) is 0.208. The van der Waals surface area contributed by atoms with Crippen LogP contribution in [0, 0.1) is 0 Å². The summed E-state index contributed by atoms with van der Waals surface area (Å²) in [5, 5.41) is 15.1. The number of aryl methyl sites for hydroxylation is 1. The first-order valence-electron chi connectivity index (χ1n) is 7.71. The Morgan fingerprint density at radius 3 is 2.74 bits per heavy atom. The number of carboxylic acids is 1. The number of nitrogens with zero attached hydrogens (tertiary/aromatic N) is 3. The van der Waals surface area contributed by atoms with Crippen molar-refractivity contribution < 1.29 is 14.7 Å². The van der Waals surface area contributed by atoms with Crippen LogP contribution in [0.3, 0.4) is 0 Å². The van der Waals surface area contributed by atoms with E-state index in [1.165, 1.54) is 11.1 Å². The molecule has 6 nitrogen and oxygen atoms in total. The second kappa shape index (κ2) is 6.95. The molecule has 0 saturated carbocycles. The van der Waals surface area contributed by atoms with Gasteiger partial charge in [-0.15, -0.1) is 11.3 Å². The monoisotopic (exact) mass is 333 g/mol. The zero-order valence-electron chi connectivity index (χ0n) is 12.7. The first-order chi connectivity index (χ1) is 11.1. The van der Waals surface area contributed by atoms with Gasteiger partial charge in [0.25, 0.3) is 0 Å². The van der Waals surface area contributed by atoms with Gasteiger partial charge in [-0.2, -0.15) is 5.10 Å². The van der Waals surface area contributed by atoms with E-state index >= 15 is 0 Å². The van der Waals surface area contributed by atoms with Crippen LogP contribution >= 0.6 is 11.3 Å². The van der Waals surface area contributed by atoms with Gasteiger partial charge in [0, 0.05) is 30.6 Å². The normalized spacial score (nSPS) is 15.7. The minimum Gasteiger partial charge on any atom is -0.478 e. The van der Waals surface area contributed by atoms with Gasteiger partial charge in [-0.1, -0.05) is 6.07 Å². The third-order valence-electron chi connectivity index (χ3n) is 4.21. The molecule has 23 heavy (non-hydrogen) atoms. The summed E-state index contributed by atoms with van der Waals surface area (Å²) in [6, 6.07) is 4.23. The van der Waals surface area contributed by atoms with Gasteiger partial charge in [0.05, 0.1) is 17.8 Å². The van der Waals surface area contributed by atoms with Crippen LogP contribution in [0.5, 0.6) is 0 Å². The summed E-state index contributed by atoms with van der Waals surface area (Å²) in [6.45, 7) is 1.41. The van der Waals surface area contributed by atoms with Gasteiger partial charge in [-0.05, 0) is 30.7 Å². The van der Waals surface area contributed by atoms with Crippen LogP contribution in [0.15, 0.2) is 29.9 Å². The van der Waals surface area contributed by atoms with Crippen molar-refractivity contribution in [3.05, 3.63) is 40.3 Å². The molecule has 2 aromatic heterocycles. The lowest BCUT2D eigenvalue weighted by Gasteiger charge is -2.32. The fourth-order valence-electron chi connectivity index (χ4n) is 2.87. The molecule has 7 heteroatoms. The summed E-state index contributed by atoms with van der Waals surface area (Å²) in [7, 11) is 0. The van der Waals surface area contributed by atoms with E-state index in [1.54, 1.807) is 22.2 Å². The molecule has 3 rings (SSSR count). The van der Waals surface area contributed by atoms with Gasteiger partial charge in [-0.25, -0.2) is 4.79 Å². The number of hydrogen-bond donors (Lipinski definition) is 1. The predicted octanol–water partition coefficient (Wildman–Crippen LogP) is 2.44. The van der Waals surface area contributed by atoms with E-state index in [-0.39, 0.29) is 17.5 Å². The Balaban J connectivity index is 1.49. The maximum Gasteiger partial charge on any atom is 0.338 e. The van der Waals surface area contributed by atoms with Crippen molar-refractivity contribution in [2.24, 2.45) is 0 Å². The zero-order chi connectivity index (χ0) is 16.2. The van der Waals surface area contributed by atoms with Gasteiger partial charge in [-0.3, -0.25) is 9.48 Å². The average molecular weight is 333 g/mol. The van der Waals surface area contributed by atoms with Crippen molar-refractivity contribution >= 4 is 23.2 Å². The number of rotatable bonds is 5. The van der Waals surface area contributed by atoms with Crippen LogP contribution < -0.4 is 0 Å². The smallest absolute Gasteiger partial charge is 0.338 e. The van der Waals surface area contributed by atoms with Crippen LogP contribution in [0.25, 0.3) is 0 Å². The van der Waals surface area contributed by atoms with Gasteiger partial charge < -0.3 is 10.0 Å². The van der Waals surface area contributed by atoms with Crippen molar-refractivity contribution in [2.45, 2.75) is 31.7 Å². The Morgan fingerprint density at radius 2 is 2.13 bits per heavy atom. The Hall–Kier alpha value is -2.15. The van der Waals surface area contributed by atoms with Crippen LogP contribution in [-0.2, 0) is 11.2 Å². The molecule has 1 saturated heterocycles. The molecular formula is C16H19N3O3S. The molecule has 1 aliphatic heterocycles. The second-order valence-electron chi connectivity index (χ2n) is 5.71. The number of likely N-dealkylation sites (tertiary alicyclic amines) is 1. The van der Waals surface area contributed by atoms with Crippen molar-refractivity contribution in [2.75, 3.05) is 13.1 Å². The number of aromatic carboxylic acids is 1. The van der Waals surface area contributed by atoms with E-state index < -0.39 is 5.97 Å². The first kappa shape index (κ1) is 15.7. The molecule has 2 aromatic rings. The highest BCUT2D eigenvalue weighted by molar-refractivity contribution is 7.09. The Morgan fingerprint density at radius 1 is 1.35 bits per heavy atom. The van der Waals surface area contributed by atoms with Crippen LogP contribution in [0.4, 0.5) is 0 Å². The highest BCUT2D eigenvalue weighted by Gasteiger charge is 2.24. The maximum absolute atomic E-state index is 12.3. The van der Waals surface area contributed by atoms with Crippen LogP contribution in [0.1, 0.15) is 40.5 Å². The van der Waals surface area contributed by atoms with E-state index in [4.69, 9.17) is 5.11 Å². The number of aromatic nitrogens is 2. The lowest BCUT2D eigenvalue weighted by atomic mass is 10.0. The number of piperidine rings is 1. The zero-order valence-corrected chi connectivity index (χ0v) is 13.5. The highest BCUT2D eigenvalue weighted by atomic mass is 32.1. The van der Waals surface area contributed by atoms with Gasteiger partial charge >= 0.3 is 5.97 Å². The van der Waals surface area contributed by atoms with Crippen molar-refractivity contribution in [1.82, 2.24) is 14.7 Å². The minimum atomic E-state index is -0.961. The van der Waals surface area contributed by atoms with E-state index in [0.29, 0.717) is 19.5 Å². The largest absolute Gasteiger partial charge is 0.478 e. The molecule has 1 aliphatic rings. The van der Waals surface area contributed by atoms with E-state index in [9.17, 15) is 9.59 Å². The molecule has 0 unspecified atom stereocenters. The topological polar surface area (TPSA) is 75.4 Å². The summed E-state index contributed by atoms with van der Waals surface area (Å²) in [6.07, 6.45) is 5.92. The molecular weight excluding hydrogens is 314 g/mol. The van der Waals surface area contributed by atoms with Crippen LogP contribution in [0.2, 0.25) is 0 Å². The number of amides is 1. The standard InChI is InChI=1S/C16H19N3O3S/c20-15(4-3-14-2-1-9-23-14)18-7-5-13(6-8-18)19-11-12(10-17-19)16(21)22/h1-2,9-11,13H,3-8H2,(H,21,22). The Kier molecular flexibility index (Phi) is 4.76. The van der Waals surface area contributed by atoms with Crippen molar-refractivity contribution in [3.8, 4) is 0 Å². The maximum atomic E-state index is 12.3. The summed E-state index contributed by atoms with van der Waals surface area (Å²) >= 11 is 1.68. The summed E-state index contributed by atoms with van der Waals surface area (Å²) in [4.78, 5) is 26.3. The van der Waals surface area contributed by atoms with Crippen molar-refractivity contribution in [1.29, 1.82) is 0 Å². The Bertz CT molecular complexity index is 673. The predicted molar refractivity (Wildman–Crippen MR) is 86.7 cm³/mol. The molecule has 1 N–H and O–H groups in total. The molecule has 3 heterocycles. The fourth-order valence-corrected chi connectivity index (χ4v) is 3.58. The van der Waals surface area contributed by atoms with Gasteiger partial charge in [0.15, 0.2) is 0 Å². The van der Waals surface area contributed by atoms with E-state index in [2.05, 4.69) is 11.2 Å². The second-order valence-corrected chi connectivity index (χ2v) is 6.74. The van der Waals surface area contributed by atoms with E-state index in [1.807, 2.05) is 16.3 Å². The average Bonchev–Trinajstić information content (AvgIpc) is 3.24. The van der Waals surface area contributed by atoms with Crippen LogP contribution in [-0.4, -0.2) is 44.8 Å². The number of carbonyl (C=O) groups is 2. The molecule has 0 bridgehead atoms. The minimum absolute atomic E-state index is 0.171. The highest BCUT2D eigenvalue weighted by Crippen LogP contribution is 2.23. The fraction of sp³-hybridized carbons (Fsp3) is 0.438. The number of hydrogen-bond acceptors (Lipinski definition) is 4. The molecule has 0 atom stereocenters. The quantitative estimate of drug-likeness (QED) is 0.912. The Labute approximate surface area is 138 Å². The molecule has 0 aromatic carbocycles. The van der Waals surface area contributed by atoms with E-state index in [0.717, 1.165) is 19.3 Å². The third-order valence-corrected chi connectivity index (χ3v) is 5.14. The lowest BCUT2D eigenvalue weighted by Crippen LogP contribution is -2.39. The molecule has 1 amide bonds. The molecule has 0 aliphatic carbocycles. The lowest BCUT2D eigenvalue weighted by molar-refractivity contribution is -0.132. The SMILES string of the molecule is O=C(O)c1cnn(C2CCN(C(=O)CCc3cccs3)CC2)c1. The molecule has 122 valence electrons. The first-order valence-corrected chi connectivity index (χ1v) is 8.59. The molecule has 1 fully saturated rings. The van der Waals surface area contributed by atoms with Crippen molar-refractivity contribution in [3.63, 3.8) is 0 Å².